The van der Waals surface area contributed by atoms with Crippen molar-refractivity contribution in [1.29, 1.82) is 0 Å². The van der Waals surface area contributed by atoms with Crippen LogP contribution in [-0.4, -0.2) is 27.7 Å². The van der Waals surface area contributed by atoms with Crippen LogP contribution in [0.2, 0.25) is 5.02 Å². The van der Waals surface area contributed by atoms with E-state index in [0.717, 1.165) is 19.3 Å². The van der Waals surface area contributed by atoms with Gasteiger partial charge < -0.3 is 10.6 Å². The van der Waals surface area contributed by atoms with Crippen molar-refractivity contribution in [3.63, 3.8) is 0 Å². The standard InChI is InChI=1S/C27H29ClN4O2/c1-5-19-13-20(16-29-15-19)26(34)30-23-11-7-10-22(25(23)28)27(4)14-24(33)32(18(3)31-27)21-9-6-8-17(2)12-21/h1,7,10-11,13,15-17,21,31H,3,6,8-9,12,14H2,2,4H3,(H,30,34). The second-order valence-corrected chi connectivity index (χ2v) is 9.88. The van der Waals surface area contributed by atoms with E-state index in [-0.39, 0.29) is 24.3 Å². The van der Waals surface area contributed by atoms with E-state index in [4.69, 9.17) is 18.0 Å². The molecule has 3 unspecified atom stereocenters. The van der Waals surface area contributed by atoms with E-state index < -0.39 is 5.54 Å². The molecule has 1 aromatic carbocycles. The lowest BCUT2D eigenvalue weighted by atomic mass is 9.82. The molecule has 3 atom stereocenters. The summed E-state index contributed by atoms with van der Waals surface area (Å²) in [7, 11) is 0. The van der Waals surface area contributed by atoms with Crippen LogP contribution in [-0.2, 0) is 10.3 Å². The molecule has 2 N–H and O–H groups in total. The van der Waals surface area contributed by atoms with Gasteiger partial charge in [-0.15, -0.1) is 6.42 Å². The van der Waals surface area contributed by atoms with Crippen molar-refractivity contribution in [3.8, 4) is 12.3 Å². The first-order valence-corrected chi connectivity index (χ1v) is 11.9. The molecule has 7 heteroatoms. The lowest BCUT2D eigenvalue weighted by molar-refractivity contribution is -0.137. The maximum Gasteiger partial charge on any atom is 0.257 e. The Morgan fingerprint density at radius 1 is 1.38 bits per heavy atom. The Morgan fingerprint density at radius 2 is 2.18 bits per heavy atom. The second kappa shape index (κ2) is 9.52. The van der Waals surface area contributed by atoms with Gasteiger partial charge in [0.25, 0.3) is 5.91 Å². The monoisotopic (exact) mass is 476 g/mol. The van der Waals surface area contributed by atoms with Crippen LogP contribution in [0.1, 0.15) is 67.4 Å². The first-order valence-electron chi connectivity index (χ1n) is 11.5. The SMILES string of the molecule is C#Cc1cncc(C(=O)Nc2cccc(C3(C)CC(=O)N(C4CCCC(C)C4)C(=C)N3)c2Cl)c1. The number of carbonyl (C=O) groups is 2. The molecule has 4 rings (SSSR count). The van der Waals surface area contributed by atoms with Gasteiger partial charge in [0.1, 0.15) is 5.82 Å². The molecule has 2 aliphatic rings. The molecule has 1 aliphatic carbocycles. The van der Waals surface area contributed by atoms with E-state index in [9.17, 15) is 9.59 Å². The van der Waals surface area contributed by atoms with Crippen LogP contribution in [0.4, 0.5) is 5.69 Å². The molecule has 1 saturated heterocycles. The van der Waals surface area contributed by atoms with Crippen LogP contribution in [0.3, 0.4) is 0 Å². The van der Waals surface area contributed by atoms with Crippen molar-refractivity contribution in [3.05, 3.63) is 70.8 Å². The summed E-state index contributed by atoms with van der Waals surface area (Å²) in [4.78, 5) is 31.9. The van der Waals surface area contributed by atoms with Gasteiger partial charge in [0.15, 0.2) is 0 Å². The lowest BCUT2D eigenvalue weighted by Crippen LogP contribution is -2.57. The van der Waals surface area contributed by atoms with E-state index in [2.05, 4.69) is 35.0 Å². The van der Waals surface area contributed by atoms with Crippen LogP contribution >= 0.6 is 11.6 Å². The number of pyridine rings is 1. The minimum absolute atomic E-state index is 0.0352. The van der Waals surface area contributed by atoms with Crippen molar-refractivity contribution < 1.29 is 9.59 Å². The molecule has 1 aliphatic heterocycles. The first-order chi connectivity index (χ1) is 16.2. The Hall–Kier alpha value is -3.30. The van der Waals surface area contributed by atoms with Crippen molar-refractivity contribution in [2.45, 2.75) is 57.5 Å². The number of carbonyl (C=O) groups excluding carboxylic acids is 2. The third kappa shape index (κ3) is 4.67. The fourth-order valence-corrected chi connectivity index (χ4v) is 5.46. The van der Waals surface area contributed by atoms with E-state index in [1.807, 2.05) is 24.0 Å². The number of hydrogen-bond donors (Lipinski definition) is 2. The highest BCUT2D eigenvalue weighted by Crippen LogP contribution is 2.40. The first kappa shape index (κ1) is 23.8. The predicted octanol–water partition coefficient (Wildman–Crippen LogP) is 5.06. The highest BCUT2D eigenvalue weighted by atomic mass is 35.5. The average Bonchev–Trinajstić information content (AvgIpc) is 2.80. The Bertz CT molecular complexity index is 1170. The van der Waals surface area contributed by atoms with E-state index in [1.54, 1.807) is 12.1 Å². The summed E-state index contributed by atoms with van der Waals surface area (Å²) in [6, 6.07) is 7.16. The summed E-state index contributed by atoms with van der Waals surface area (Å²) in [6.07, 6.45) is 12.9. The smallest absolute Gasteiger partial charge is 0.257 e. The van der Waals surface area contributed by atoms with Gasteiger partial charge in [-0.3, -0.25) is 19.5 Å². The van der Waals surface area contributed by atoms with Crippen molar-refractivity contribution >= 4 is 29.1 Å². The topological polar surface area (TPSA) is 74.3 Å². The quantitative estimate of drug-likeness (QED) is 0.605. The van der Waals surface area contributed by atoms with Gasteiger partial charge in [0, 0.05) is 24.0 Å². The predicted molar refractivity (Wildman–Crippen MR) is 134 cm³/mol. The molecule has 6 nitrogen and oxygen atoms in total. The molecule has 2 fully saturated rings. The maximum atomic E-state index is 13.3. The zero-order chi connectivity index (χ0) is 24.5. The minimum atomic E-state index is -0.756. The summed E-state index contributed by atoms with van der Waals surface area (Å²) in [6.45, 7) is 8.35. The highest BCUT2D eigenvalue weighted by molar-refractivity contribution is 6.34. The molecule has 2 amide bonds. The lowest BCUT2D eigenvalue weighted by Gasteiger charge is -2.47. The zero-order valence-electron chi connectivity index (χ0n) is 19.5. The van der Waals surface area contributed by atoms with Crippen molar-refractivity contribution in [2.24, 2.45) is 5.92 Å². The molecule has 34 heavy (non-hydrogen) atoms. The van der Waals surface area contributed by atoms with Crippen LogP contribution in [0.15, 0.2) is 49.1 Å². The Balaban J connectivity index is 1.56. The third-order valence-electron chi connectivity index (χ3n) is 6.77. The van der Waals surface area contributed by atoms with E-state index >= 15 is 0 Å². The summed E-state index contributed by atoms with van der Waals surface area (Å²) < 4.78 is 0. The average molecular weight is 477 g/mol. The van der Waals surface area contributed by atoms with Gasteiger partial charge in [-0.2, -0.15) is 0 Å². The van der Waals surface area contributed by atoms with Gasteiger partial charge in [0.05, 0.1) is 28.2 Å². The highest BCUT2D eigenvalue weighted by Gasteiger charge is 2.42. The number of halogens is 1. The summed E-state index contributed by atoms with van der Waals surface area (Å²) in [5.74, 6) is 3.33. The van der Waals surface area contributed by atoms with Crippen LogP contribution < -0.4 is 10.6 Å². The molecule has 0 bridgehead atoms. The Morgan fingerprint density at radius 3 is 2.88 bits per heavy atom. The van der Waals surface area contributed by atoms with Crippen LogP contribution in [0.25, 0.3) is 0 Å². The molecular weight excluding hydrogens is 448 g/mol. The number of terminal acetylenes is 1. The second-order valence-electron chi connectivity index (χ2n) is 9.50. The van der Waals surface area contributed by atoms with Gasteiger partial charge in [-0.25, -0.2) is 0 Å². The van der Waals surface area contributed by atoms with Crippen molar-refractivity contribution in [2.75, 3.05) is 5.32 Å². The number of nitrogens with zero attached hydrogens (tertiary/aromatic N) is 2. The molecule has 1 aromatic heterocycles. The van der Waals surface area contributed by atoms with Crippen molar-refractivity contribution in [1.82, 2.24) is 15.2 Å². The summed E-state index contributed by atoms with van der Waals surface area (Å²) >= 11 is 6.76. The van der Waals surface area contributed by atoms with Gasteiger partial charge in [0.2, 0.25) is 5.91 Å². The molecule has 2 aromatic rings. The largest absolute Gasteiger partial charge is 0.362 e. The number of rotatable bonds is 4. The normalized spacial score (nSPS) is 24.8. The molecule has 0 radical (unpaired) electrons. The molecule has 0 spiro atoms. The number of hydrogen-bond acceptors (Lipinski definition) is 4. The Labute approximate surface area is 205 Å². The number of nitrogens with one attached hydrogen (secondary N) is 2. The van der Waals surface area contributed by atoms with Crippen LogP contribution in [0.5, 0.6) is 0 Å². The molecule has 2 heterocycles. The third-order valence-corrected chi connectivity index (χ3v) is 7.17. The number of benzene rings is 1. The molecule has 1 saturated carbocycles. The van der Waals surface area contributed by atoms with Gasteiger partial charge in [-0.05, 0) is 43.4 Å². The van der Waals surface area contributed by atoms with Gasteiger partial charge >= 0.3 is 0 Å². The number of aromatic nitrogens is 1. The number of anilines is 1. The fraction of sp³-hybridized carbons (Fsp3) is 0.370. The van der Waals surface area contributed by atoms with E-state index in [0.29, 0.717) is 39.1 Å². The summed E-state index contributed by atoms with van der Waals surface area (Å²) in [5, 5.41) is 6.66. The Kier molecular flexibility index (Phi) is 6.67. The van der Waals surface area contributed by atoms with Crippen LogP contribution in [0, 0.1) is 18.3 Å². The maximum absolute atomic E-state index is 13.3. The number of amides is 2. The molecule has 176 valence electrons. The zero-order valence-corrected chi connectivity index (χ0v) is 20.3. The summed E-state index contributed by atoms with van der Waals surface area (Å²) in [5.41, 5.74) is 1.25. The fourth-order valence-electron chi connectivity index (χ4n) is 5.08. The van der Waals surface area contributed by atoms with E-state index in [1.165, 1.54) is 18.8 Å². The molecular formula is C27H29ClN4O2. The minimum Gasteiger partial charge on any atom is -0.362 e. The van der Waals surface area contributed by atoms with Gasteiger partial charge in [-0.1, -0.05) is 56.0 Å².